The highest BCUT2D eigenvalue weighted by molar-refractivity contribution is 5.93. The molecule has 2 rings (SSSR count). The van der Waals surface area contributed by atoms with Gasteiger partial charge in [0.15, 0.2) is 0 Å². The van der Waals surface area contributed by atoms with E-state index in [2.05, 4.69) is 9.97 Å². The summed E-state index contributed by atoms with van der Waals surface area (Å²) in [5.74, 6) is -0.227. The predicted octanol–water partition coefficient (Wildman–Crippen LogP) is 1.94. The molecule has 18 heavy (non-hydrogen) atoms. The number of esters is 1. The van der Waals surface area contributed by atoms with E-state index in [1.807, 2.05) is 12.1 Å². The average molecular weight is 244 g/mol. The van der Waals surface area contributed by atoms with Crippen LogP contribution in [0.4, 0.5) is 0 Å². The summed E-state index contributed by atoms with van der Waals surface area (Å²) < 4.78 is 9.73. The Balaban J connectivity index is 2.49. The molecule has 2 aromatic heterocycles. The first-order valence-corrected chi connectivity index (χ1v) is 5.29. The zero-order valence-electron chi connectivity index (χ0n) is 10.1. The second-order valence-electron chi connectivity index (χ2n) is 3.51. The van der Waals surface area contributed by atoms with Crippen LogP contribution in [0.1, 0.15) is 10.4 Å². The maximum Gasteiger partial charge on any atom is 0.343 e. The van der Waals surface area contributed by atoms with Crippen LogP contribution in [-0.2, 0) is 4.74 Å². The summed E-state index contributed by atoms with van der Waals surface area (Å²) in [6.07, 6.45) is 5.00. The zero-order chi connectivity index (χ0) is 13.0. The lowest BCUT2D eigenvalue weighted by atomic mass is 10.1. The predicted molar refractivity (Wildman–Crippen MR) is 65.4 cm³/mol. The first-order chi connectivity index (χ1) is 8.76. The number of hydrogen-bond donors (Lipinski definition) is 0. The van der Waals surface area contributed by atoms with E-state index in [9.17, 15) is 4.79 Å². The van der Waals surface area contributed by atoms with Crippen LogP contribution in [0.15, 0.2) is 36.8 Å². The van der Waals surface area contributed by atoms with Gasteiger partial charge in [0.05, 0.1) is 14.2 Å². The minimum atomic E-state index is -0.477. The molecule has 0 fully saturated rings. The molecule has 0 aromatic carbocycles. The van der Waals surface area contributed by atoms with Crippen LogP contribution >= 0.6 is 0 Å². The maximum absolute atomic E-state index is 11.6. The summed E-state index contributed by atoms with van der Waals surface area (Å²) in [6, 6.07) is 5.36. The summed E-state index contributed by atoms with van der Waals surface area (Å²) >= 11 is 0. The molecule has 2 heterocycles. The minimum absolute atomic E-state index is 0.250. The van der Waals surface area contributed by atoms with Crippen molar-refractivity contribution in [3.8, 4) is 17.0 Å². The summed E-state index contributed by atoms with van der Waals surface area (Å²) in [7, 11) is 2.78. The van der Waals surface area contributed by atoms with Gasteiger partial charge >= 0.3 is 5.97 Å². The van der Waals surface area contributed by atoms with E-state index in [4.69, 9.17) is 9.47 Å². The third-order valence-corrected chi connectivity index (χ3v) is 2.46. The van der Waals surface area contributed by atoms with Crippen LogP contribution in [0.3, 0.4) is 0 Å². The van der Waals surface area contributed by atoms with Crippen LogP contribution in [-0.4, -0.2) is 30.2 Å². The molecule has 0 spiro atoms. The quantitative estimate of drug-likeness (QED) is 0.772. The van der Waals surface area contributed by atoms with E-state index in [1.54, 1.807) is 24.7 Å². The van der Waals surface area contributed by atoms with Crippen molar-refractivity contribution in [1.29, 1.82) is 0 Å². The van der Waals surface area contributed by atoms with Crippen LogP contribution in [0.5, 0.6) is 5.88 Å². The Hall–Kier alpha value is -2.43. The molecule has 2 aromatic rings. The number of aromatic nitrogens is 2. The molecule has 0 radical (unpaired) electrons. The highest BCUT2D eigenvalue weighted by Gasteiger charge is 2.15. The second kappa shape index (κ2) is 5.27. The third kappa shape index (κ3) is 2.29. The van der Waals surface area contributed by atoms with E-state index in [0.717, 1.165) is 11.1 Å². The van der Waals surface area contributed by atoms with Gasteiger partial charge in [-0.2, -0.15) is 0 Å². The Bertz CT molecular complexity index is 555. The molecule has 0 aliphatic rings. The van der Waals surface area contributed by atoms with Crippen molar-refractivity contribution >= 4 is 5.97 Å². The lowest BCUT2D eigenvalue weighted by Gasteiger charge is -2.08. The van der Waals surface area contributed by atoms with Crippen LogP contribution in [0.25, 0.3) is 11.1 Å². The molecule has 92 valence electrons. The topological polar surface area (TPSA) is 61.3 Å². The molecule has 0 N–H and O–H groups in total. The highest BCUT2D eigenvalue weighted by Crippen LogP contribution is 2.24. The van der Waals surface area contributed by atoms with Gasteiger partial charge in [-0.05, 0) is 23.8 Å². The standard InChI is InChI=1S/C13H12N2O3/c1-17-12-11(13(16)18-2)7-10(8-15-12)9-3-5-14-6-4-9/h3-8H,1-2H3. The first-order valence-electron chi connectivity index (χ1n) is 5.29. The Kier molecular flexibility index (Phi) is 3.52. The van der Waals surface area contributed by atoms with Crippen molar-refractivity contribution in [2.45, 2.75) is 0 Å². The summed E-state index contributed by atoms with van der Waals surface area (Å²) in [5.41, 5.74) is 2.03. The van der Waals surface area contributed by atoms with Crippen molar-refractivity contribution < 1.29 is 14.3 Å². The molecule has 0 saturated heterocycles. The molecule has 0 aliphatic heterocycles. The monoisotopic (exact) mass is 244 g/mol. The molecule has 0 saturated carbocycles. The van der Waals surface area contributed by atoms with Gasteiger partial charge in [0.1, 0.15) is 5.56 Å². The Morgan fingerprint density at radius 3 is 2.50 bits per heavy atom. The number of rotatable bonds is 3. The number of carbonyl (C=O) groups is 1. The van der Waals surface area contributed by atoms with Crippen LogP contribution in [0.2, 0.25) is 0 Å². The number of methoxy groups -OCH3 is 2. The smallest absolute Gasteiger partial charge is 0.343 e. The van der Waals surface area contributed by atoms with Gasteiger partial charge in [0.2, 0.25) is 5.88 Å². The van der Waals surface area contributed by atoms with E-state index in [-0.39, 0.29) is 5.88 Å². The highest BCUT2D eigenvalue weighted by atomic mass is 16.5. The van der Waals surface area contributed by atoms with Gasteiger partial charge in [-0.25, -0.2) is 9.78 Å². The number of pyridine rings is 2. The van der Waals surface area contributed by atoms with Gasteiger partial charge in [-0.15, -0.1) is 0 Å². The Labute approximate surface area is 104 Å². The van der Waals surface area contributed by atoms with Gasteiger partial charge in [0, 0.05) is 24.2 Å². The van der Waals surface area contributed by atoms with Crippen molar-refractivity contribution in [1.82, 2.24) is 9.97 Å². The van der Waals surface area contributed by atoms with Crippen molar-refractivity contribution in [3.05, 3.63) is 42.4 Å². The number of hydrogen-bond acceptors (Lipinski definition) is 5. The number of carbonyl (C=O) groups excluding carboxylic acids is 1. The molecular formula is C13H12N2O3. The molecule has 0 atom stereocenters. The molecule has 0 bridgehead atoms. The molecular weight excluding hydrogens is 232 g/mol. The number of nitrogens with zero attached hydrogens (tertiary/aromatic N) is 2. The van der Waals surface area contributed by atoms with Gasteiger partial charge in [-0.3, -0.25) is 4.98 Å². The molecule has 5 nitrogen and oxygen atoms in total. The van der Waals surface area contributed by atoms with Gasteiger partial charge in [0.25, 0.3) is 0 Å². The van der Waals surface area contributed by atoms with E-state index in [1.165, 1.54) is 14.2 Å². The summed E-state index contributed by atoms with van der Waals surface area (Å²) in [4.78, 5) is 19.7. The van der Waals surface area contributed by atoms with Crippen LogP contribution < -0.4 is 4.74 Å². The van der Waals surface area contributed by atoms with E-state index < -0.39 is 5.97 Å². The summed E-state index contributed by atoms with van der Waals surface area (Å²) in [6.45, 7) is 0. The van der Waals surface area contributed by atoms with Gasteiger partial charge in [-0.1, -0.05) is 0 Å². The maximum atomic E-state index is 11.6. The molecule has 0 unspecified atom stereocenters. The Morgan fingerprint density at radius 1 is 1.17 bits per heavy atom. The molecule has 0 amide bonds. The van der Waals surface area contributed by atoms with Gasteiger partial charge < -0.3 is 9.47 Å². The van der Waals surface area contributed by atoms with E-state index in [0.29, 0.717) is 5.56 Å². The molecule has 5 heteroatoms. The minimum Gasteiger partial charge on any atom is -0.480 e. The fraction of sp³-hybridized carbons (Fsp3) is 0.154. The van der Waals surface area contributed by atoms with Crippen molar-refractivity contribution in [2.24, 2.45) is 0 Å². The Morgan fingerprint density at radius 2 is 1.89 bits per heavy atom. The SMILES string of the molecule is COC(=O)c1cc(-c2ccncc2)cnc1OC. The lowest BCUT2D eigenvalue weighted by molar-refractivity contribution is 0.0596. The van der Waals surface area contributed by atoms with Crippen molar-refractivity contribution in [3.63, 3.8) is 0 Å². The normalized spacial score (nSPS) is 9.89. The zero-order valence-corrected chi connectivity index (χ0v) is 10.1. The van der Waals surface area contributed by atoms with Crippen LogP contribution in [0, 0.1) is 0 Å². The van der Waals surface area contributed by atoms with E-state index >= 15 is 0 Å². The second-order valence-corrected chi connectivity index (χ2v) is 3.51. The molecule has 0 aliphatic carbocycles. The lowest BCUT2D eigenvalue weighted by Crippen LogP contribution is -2.05. The fourth-order valence-electron chi connectivity index (χ4n) is 1.57. The summed E-state index contributed by atoms with van der Waals surface area (Å²) in [5, 5.41) is 0. The number of ether oxygens (including phenoxy) is 2. The largest absolute Gasteiger partial charge is 0.480 e. The third-order valence-electron chi connectivity index (χ3n) is 2.46. The fourth-order valence-corrected chi connectivity index (χ4v) is 1.57. The average Bonchev–Trinajstić information content (AvgIpc) is 2.46. The van der Waals surface area contributed by atoms with Crippen molar-refractivity contribution in [2.75, 3.05) is 14.2 Å². The first kappa shape index (κ1) is 12.0.